The van der Waals surface area contributed by atoms with Crippen molar-refractivity contribution in [1.82, 2.24) is 9.88 Å². The van der Waals surface area contributed by atoms with Gasteiger partial charge in [0.15, 0.2) is 0 Å². The first-order chi connectivity index (χ1) is 11.1. The highest BCUT2D eigenvalue weighted by molar-refractivity contribution is 5.19. The molecule has 1 aromatic rings. The van der Waals surface area contributed by atoms with Crippen LogP contribution in [0.1, 0.15) is 32.4 Å². The van der Waals surface area contributed by atoms with Crippen LogP contribution in [-0.4, -0.2) is 62.0 Å². The number of hydrogen-bond acceptors (Lipinski definition) is 5. The molecule has 2 rings (SSSR count). The maximum atomic E-state index is 5.78. The third-order valence-corrected chi connectivity index (χ3v) is 3.77. The third-order valence-electron chi connectivity index (χ3n) is 3.77. The Bertz CT molecular complexity index is 430. The minimum atomic E-state index is 0.283. The Morgan fingerprint density at radius 2 is 2.00 bits per heavy atom. The fourth-order valence-corrected chi connectivity index (χ4v) is 2.46. The molecule has 130 valence electrons. The first-order valence-electron chi connectivity index (χ1n) is 8.63. The second kappa shape index (κ2) is 9.85. The van der Waals surface area contributed by atoms with Crippen molar-refractivity contribution in [3.63, 3.8) is 0 Å². The van der Waals surface area contributed by atoms with Crippen molar-refractivity contribution in [2.45, 2.75) is 45.3 Å². The SMILES string of the molecule is CC(C)OCCCOc1ccc(CCCOC2CN(C)C2)nc1. The van der Waals surface area contributed by atoms with Gasteiger partial charge in [-0.1, -0.05) is 0 Å². The predicted octanol–water partition coefficient (Wildman–Crippen LogP) is 2.54. The van der Waals surface area contributed by atoms with Gasteiger partial charge in [0.2, 0.25) is 0 Å². The van der Waals surface area contributed by atoms with Gasteiger partial charge < -0.3 is 19.1 Å². The van der Waals surface area contributed by atoms with Gasteiger partial charge in [-0.3, -0.25) is 4.98 Å². The molecule has 0 bridgehead atoms. The molecule has 0 unspecified atom stereocenters. The van der Waals surface area contributed by atoms with Crippen LogP contribution in [0.5, 0.6) is 5.75 Å². The van der Waals surface area contributed by atoms with E-state index in [-0.39, 0.29) is 6.10 Å². The number of ether oxygens (including phenoxy) is 3. The minimum Gasteiger partial charge on any atom is -0.492 e. The zero-order chi connectivity index (χ0) is 16.5. The van der Waals surface area contributed by atoms with Crippen molar-refractivity contribution in [2.75, 3.05) is 40.0 Å². The lowest BCUT2D eigenvalue weighted by molar-refractivity contribution is -0.0436. The number of pyridine rings is 1. The van der Waals surface area contributed by atoms with Crippen molar-refractivity contribution in [3.8, 4) is 5.75 Å². The molecule has 0 amide bonds. The quantitative estimate of drug-likeness (QED) is 0.586. The average molecular weight is 322 g/mol. The highest BCUT2D eigenvalue weighted by Gasteiger charge is 2.23. The van der Waals surface area contributed by atoms with E-state index in [1.54, 1.807) is 6.20 Å². The van der Waals surface area contributed by atoms with Gasteiger partial charge in [0.05, 0.1) is 31.6 Å². The first kappa shape index (κ1) is 18.2. The van der Waals surface area contributed by atoms with E-state index >= 15 is 0 Å². The molecule has 1 saturated heterocycles. The fraction of sp³-hybridized carbons (Fsp3) is 0.722. The van der Waals surface area contributed by atoms with Crippen molar-refractivity contribution in [2.24, 2.45) is 0 Å². The van der Waals surface area contributed by atoms with E-state index in [9.17, 15) is 0 Å². The maximum absolute atomic E-state index is 5.78. The molecule has 0 spiro atoms. The van der Waals surface area contributed by atoms with Gasteiger partial charge in [0.1, 0.15) is 5.75 Å². The zero-order valence-corrected chi connectivity index (χ0v) is 14.7. The second-order valence-electron chi connectivity index (χ2n) is 6.42. The van der Waals surface area contributed by atoms with E-state index < -0.39 is 0 Å². The molecule has 1 fully saturated rings. The molecule has 1 aromatic heterocycles. The maximum Gasteiger partial charge on any atom is 0.137 e. The van der Waals surface area contributed by atoms with Crippen molar-refractivity contribution in [1.29, 1.82) is 0 Å². The number of aryl methyl sites for hydroxylation is 1. The van der Waals surface area contributed by atoms with Crippen LogP contribution in [0.15, 0.2) is 18.3 Å². The van der Waals surface area contributed by atoms with Crippen LogP contribution in [0.25, 0.3) is 0 Å². The van der Waals surface area contributed by atoms with Gasteiger partial charge in [-0.15, -0.1) is 0 Å². The molecule has 5 nitrogen and oxygen atoms in total. The monoisotopic (exact) mass is 322 g/mol. The summed E-state index contributed by atoms with van der Waals surface area (Å²) in [4.78, 5) is 6.71. The van der Waals surface area contributed by atoms with Crippen LogP contribution < -0.4 is 4.74 Å². The molecule has 0 saturated carbocycles. The van der Waals surface area contributed by atoms with Gasteiger partial charge in [0, 0.05) is 31.8 Å². The van der Waals surface area contributed by atoms with Gasteiger partial charge in [-0.05, 0) is 45.9 Å². The first-order valence-corrected chi connectivity index (χ1v) is 8.63. The summed E-state index contributed by atoms with van der Waals surface area (Å²) in [7, 11) is 2.12. The Labute approximate surface area is 139 Å². The van der Waals surface area contributed by atoms with E-state index in [1.807, 2.05) is 26.0 Å². The van der Waals surface area contributed by atoms with Crippen LogP contribution in [0, 0.1) is 0 Å². The molecular formula is C18H30N2O3. The average Bonchev–Trinajstić information content (AvgIpc) is 2.50. The topological polar surface area (TPSA) is 43.8 Å². The van der Waals surface area contributed by atoms with Crippen LogP contribution in [0.4, 0.5) is 0 Å². The lowest BCUT2D eigenvalue weighted by Crippen LogP contribution is -2.49. The molecular weight excluding hydrogens is 292 g/mol. The largest absolute Gasteiger partial charge is 0.492 e. The summed E-state index contributed by atoms with van der Waals surface area (Å²) in [6.07, 6.45) is 5.38. The Morgan fingerprint density at radius 3 is 2.65 bits per heavy atom. The Kier molecular flexibility index (Phi) is 7.79. The summed E-state index contributed by atoms with van der Waals surface area (Å²) < 4.78 is 16.9. The summed E-state index contributed by atoms with van der Waals surface area (Å²) in [6, 6.07) is 4.03. The van der Waals surface area contributed by atoms with Gasteiger partial charge in [0.25, 0.3) is 0 Å². The van der Waals surface area contributed by atoms with Gasteiger partial charge >= 0.3 is 0 Å². The van der Waals surface area contributed by atoms with E-state index in [4.69, 9.17) is 14.2 Å². The molecule has 0 aliphatic carbocycles. The van der Waals surface area contributed by atoms with Crippen LogP contribution in [-0.2, 0) is 15.9 Å². The van der Waals surface area contributed by atoms with E-state index in [0.29, 0.717) is 12.7 Å². The summed E-state index contributed by atoms with van der Waals surface area (Å²) in [5, 5.41) is 0. The van der Waals surface area contributed by atoms with Gasteiger partial charge in [-0.2, -0.15) is 0 Å². The number of likely N-dealkylation sites (tertiary alicyclic amines) is 1. The smallest absolute Gasteiger partial charge is 0.137 e. The molecule has 5 heteroatoms. The van der Waals surface area contributed by atoms with Crippen LogP contribution in [0.3, 0.4) is 0 Å². The van der Waals surface area contributed by atoms with Crippen LogP contribution >= 0.6 is 0 Å². The van der Waals surface area contributed by atoms with Gasteiger partial charge in [-0.25, -0.2) is 0 Å². The predicted molar refractivity (Wildman–Crippen MR) is 91.0 cm³/mol. The Morgan fingerprint density at radius 1 is 1.17 bits per heavy atom. The molecule has 0 atom stereocenters. The van der Waals surface area contributed by atoms with E-state index in [2.05, 4.69) is 16.9 Å². The number of aromatic nitrogens is 1. The summed E-state index contributed by atoms with van der Waals surface area (Å²) >= 11 is 0. The molecule has 1 aliphatic rings. The van der Waals surface area contributed by atoms with Crippen molar-refractivity contribution < 1.29 is 14.2 Å². The minimum absolute atomic E-state index is 0.283. The Balaban J connectivity index is 1.53. The highest BCUT2D eigenvalue weighted by Crippen LogP contribution is 2.12. The molecule has 23 heavy (non-hydrogen) atoms. The molecule has 1 aliphatic heterocycles. The van der Waals surface area contributed by atoms with Crippen molar-refractivity contribution in [3.05, 3.63) is 24.0 Å². The summed E-state index contributed by atoms with van der Waals surface area (Å²) in [6.45, 7) is 8.42. The normalized spacial score (nSPS) is 15.8. The standard InChI is InChI=1S/C18H30N2O3/c1-15(2)21-10-5-11-22-17-8-7-16(19-12-17)6-4-9-23-18-13-20(3)14-18/h7-8,12,15,18H,4-6,9-11,13-14H2,1-3H3. The third kappa shape index (κ3) is 7.29. The molecule has 0 radical (unpaired) electrons. The lowest BCUT2D eigenvalue weighted by Gasteiger charge is -2.35. The van der Waals surface area contributed by atoms with E-state index in [1.165, 1.54) is 0 Å². The van der Waals surface area contributed by atoms with Crippen LogP contribution in [0.2, 0.25) is 0 Å². The Hall–Kier alpha value is -1.17. The molecule has 0 N–H and O–H groups in total. The fourth-order valence-electron chi connectivity index (χ4n) is 2.46. The van der Waals surface area contributed by atoms with Crippen molar-refractivity contribution >= 4 is 0 Å². The number of nitrogens with zero attached hydrogens (tertiary/aromatic N) is 2. The number of hydrogen-bond donors (Lipinski definition) is 0. The molecule has 2 heterocycles. The summed E-state index contributed by atoms with van der Waals surface area (Å²) in [5.74, 6) is 0.826. The summed E-state index contributed by atoms with van der Waals surface area (Å²) in [5.41, 5.74) is 1.09. The molecule has 0 aromatic carbocycles. The second-order valence-corrected chi connectivity index (χ2v) is 6.42. The zero-order valence-electron chi connectivity index (χ0n) is 14.7. The lowest BCUT2D eigenvalue weighted by atomic mass is 10.2. The number of likely N-dealkylation sites (N-methyl/N-ethyl adjacent to an activating group) is 1. The van der Waals surface area contributed by atoms with E-state index in [0.717, 1.165) is 57.0 Å². The highest BCUT2D eigenvalue weighted by atomic mass is 16.5. The number of rotatable bonds is 11.